The van der Waals surface area contributed by atoms with E-state index < -0.39 is 26.1 Å². The second-order valence-electron chi connectivity index (χ2n) is 6.79. The van der Waals surface area contributed by atoms with E-state index in [1.807, 2.05) is 6.92 Å². The number of hydrogen-bond acceptors (Lipinski definition) is 6. The maximum absolute atomic E-state index is 13.1. The molecule has 3 fully saturated rings. The molecule has 0 radical (unpaired) electrons. The van der Waals surface area contributed by atoms with E-state index in [-0.39, 0.29) is 23.7 Å². The molecule has 0 aliphatic carbocycles. The van der Waals surface area contributed by atoms with Gasteiger partial charge in [-0.1, -0.05) is 6.92 Å². The Labute approximate surface area is 144 Å². The summed E-state index contributed by atoms with van der Waals surface area (Å²) in [6.45, 7) is 4.53. The predicted molar refractivity (Wildman–Crippen MR) is 90.7 cm³/mol. The van der Waals surface area contributed by atoms with Gasteiger partial charge in [-0.3, -0.25) is 4.90 Å². The summed E-state index contributed by atoms with van der Waals surface area (Å²) in [5.41, 5.74) is 0. The van der Waals surface area contributed by atoms with Crippen molar-refractivity contribution in [1.29, 1.82) is 0 Å². The van der Waals surface area contributed by atoms with Gasteiger partial charge in [0.15, 0.2) is 9.84 Å². The molecule has 3 saturated heterocycles. The van der Waals surface area contributed by atoms with Crippen LogP contribution in [0.3, 0.4) is 0 Å². The van der Waals surface area contributed by atoms with E-state index in [1.54, 1.807) is 7.11 Å². The predicted octanol–water partition coefficient (Wildman–Crippen LogP) is -0.855. The summed E-state index contributed by atoms with van der Waals surface area (Å²) in [6, 6.07) is -0.686. The number of piperidine rings is 1. The topological polar surface area (TPSA) is 87.2 Å². The van der Waals surface area contributed by atoms with Crippen LogP contribution < -0.4 is 0 Å². The maximum atomic E-state index is 13.1. The van der Waals surface area contributed by atoms with Crippen LogP contribution in [0.4, 0.5) is 0 Å². The Morgan fingerprint density at radius 1 is 1.04 bits per heavy atom. The van der Waals surface area contributed by atoms with Crippen molar-refractivity contribution in [3.05, 3.63) is 0 Å². The average molecular weight is 382 g/mol. The SMILES string of the molecule is CCN1CCN(S(=O)(=O)N2CCC(OC)CC2)[C@@H]2CS(=O)(=O)C[C@@H]21. The molecule has 0 aromatic heterocycles. The molecule has 2 atom stereocenters. The number of piperazine rings is 1. The molecule has 10 heteroatoms. The number of hydrogen-bond donors (Lipinski definition) is 0. The fourth-order valence-corrected chi connectivity index (χ4v) is 8.06. The summed E-state index contributed by atoms with van der Waals surface area (Å²) in [4.78, 5) is 2.10. The Hall–Kier alpha value is -0.260. The molecule has 0 unspecified atom stereocenters. The van der Waals surface area contributed by atoms with Gasteiger partial charge in [0, 0.05) is 39.3 Å². The molecule has 8 nitrogen and oxygen atoms in total. The fraction of sp³-hybridized carbons (Fsp3) is 1.00. The monoisotopic (exact) mass is 381 g/mol. The van der Waals surface area contributed by atoms with Gasteiger partial charge in [-0.2, -0.15) is 17.0 Å². The second-order valence-corrected chi connectivity index (χ2v) is 10.8. The lowest BCUT2D eigenvalue weighted by Crippen LogP contribution is -2.63. The van der Waals surface area contributed by atoms with Crippen LogP contribution in [0, 0.1) is 0 Å². The number of likely N-dealkylation sites (N-methyl/N-ethyl adjacent to an activating group) is 1. The van der Waals surface area contributed by atoms with Crippen molar-refractivity contribution in [2.24, 2.45) is 0 Å². The minimum atomic E-state index is -3.63. The van der Waals surface area contributed by atoms with Crippen LogP contribution in [0.2, 0.25) is 0 Å². The Morgan fingerprint density at radius 3 is 2.25 bits per heavy atom. The molecule has 3 heterocycles. The summed E-state index contributed by atoms with van der Waals surface area (Å²) < 4.78 is 58.6. The summed E-state index contributed by atoms with van der Waals surface area (Å²) in [7, 11) is -5.18. The van der Waals surface area contributed by atoms with E-state index in [0.29, 0.717) is 39.0 Å². The van der Waals surface area contributed by atoms with Crippen LogP contribution in [0.15, 0.2) is 0 Å². The molecule has 3 aliphatic rings. The highest BCUT2D eigenvalue weighted by Gasteiger charge is 2.51. The number of sulfone groups is 1. The smallest absolute Gasteiger partial charge is 0.282 e. The first-order valence-corrected chi connectivity index (χ1v) is 11.7. The lowest BCUT2D eigenvalue weighted by molar-refractivity contribution is 0.0551. The Morgan fingerprint density at radius 2 is 1.67 bits per heavy atom. The van der Waals surface area contributed by atoms with E-state index in [9.17, 15) is 16.8 Å². The van der Waals surface area contributed by atoms with Crippen molar-refractivity contribution in [3.8, 4) is 0 Å². The van der Waals surface area contributed by atoms with Gasteiger partial charge in [-0.05, 0) is 19.4 Å². The standard InChI is InChI=1S/C14H27N3O5S2/c1-3-15-8-9-17(14-11-23(18,19)10-13(14)15)24(20,21)16-6-4-12(22-2)5-7-16/h12-14H,3-11H2,1-2H3/t13-,14+/m0/s1. The minimum Gasteiger partial charge on any atom is -0.381 e. The van der Waals surface area contributed by atoms with E-state index in [2.05, 4.69) is 4.90 Å². The van der Waals surface area contributed by atoms with Crippen LogP contribution in [0.25, 0.3) is 0 Å². The lowest BCUT2D eigenvalue weighted by atomic mass is 10.1. The summed E-state index contributed by atoms with van der Waals surface area (Å²) in [6.07, 6.45) is 1.46. The highest BCUT2D eigenvalue weighted by Crippen LogP contribution is 2.30. The first kappa shape index (κ1) is 18.5. The molecule has 24 heavy (non-hydrogen) atoms. The van der Waals surface area contributed by atoms with Crippen molar-refractivity contribution in [3.63, 3.8) is 0 Å². The highest BCUT2D eigenvalue weighted by molar-refractivity contribution is 7.92. The molecule has 3 aliphatic heterocycles. The van der Waals surface area contributed by atoms with Crippen molar-refractivity contribution < 1.29 is 21.6 Å². The largest absolute Gasteiger partial charge is 0.381 e. The first-order chi connectivity index (χ1) is 11.3. The molecule has 0 aromatic rings. The van der Waals surface area contributed by atoms with Crippen LogP contribution in [-0.2, 0) is 24.8 Å². The van der Waals surface area contributed by atoms with Gasteiger partial charge in [0.25, 0.3) is 10.2 Å². The number of methoxy groups -OCH3 is 1. The average Bonchev–Trinajstić information content (AvgIpc) is 2.88. The van der Waals surface area contributed by atoms with Gasteiger partial charge >= 0.3 is 0 Å². The Kier molecular flexibility index (Phi) is 5.25. The minimum absolute atomic E-state index is 0.0588. The van der Waals surface area contributed by atoms with Gasteiger partial charge in [0.2, 0.25) is 0 Å². The van der Waals surface area contributed by atoms with Crippen molar-refractivity contribution >= 4 is 20.0 Å². The second kappa shape index (κ2) is 6.81. The molecule has 0 N–H and O–H groups in total. The number of fused-ring (bicyclic) bond motifs is 1. The van der Waals surface area contributed by atoms with E-state index in [1.165, 1.54) is 8.61 Å². The summed E-state index contributed by atoms with van der Waals surface area (Å²) in [5.74, 6) is -0.00872. The van der Waals surface area contributed by atoms with Gasteiger partial charge in [-0.15, -0.1) is 0 Å². The molecule has 0 saturated carbocycles. The van der Waals surface area contributed by atoms with Crippen molar-refractivity contribution in [2.75, 3.05) is 51.3 Å². The quantitative estimate of drug-likeness (QED) is 0.630. The van der Waals surface area contributed by atoms with E-state index >= 15 is 0 Å². The van der Waals surface area contributed by atoms with Crippen LogP contribution >= 0.6 is 0 Å². The number of rotatable bonds is 4. The maximum Gasteiger partial charge on any atom is 0.282 e. The zero-order chi connectivity index (χ0) is 17.5. The molecular weight excluding hydrogens is 354 g/mol. The highest BCUT2D eigenvalue weighted by atomic mass is 32.2. The van der Waals surface area contributed by atoms with Crippen LogP contribution in [0.5, 0.6) is 0 Å². The van der Waals surface area contributed by atoms with Gasteiger partial charge < -0.3 is 4.74 Å². The number of nitrogens with zero attached hydrogens (tertiary/aromatic N) is 3. The molecule has 140 valence electrons. The number of ether oxygens (including phenoxy) is 1. The van der Waals surface area contributed by atoms with Gasteiger partial charge in [0.1, 0.15) is 0 Å². The molecule has 0 spiro atoms. The molecule has 0 amide bonds. The normalized spacial score (nSPS) is 33.6. The zero-order valence-electron chi connectivity index (χ0n) is 14.3. The molecule has 0 aromatic carbocycles. The van der Waals surface area contributed by atoms with E-state index in [4.69, 9.17) is 4.74 Å². The summed E-state index contributed by atoms with van der Waals surface area (Å²) >= 11 is 0. The third-order valence-corrected chi connectivity index (χ3v) is 9.27. The third kappa shape index (κ3) is 3.36. The molecule has 3 rings (SSSR count). The van der Waals surface area contributed by atoms with Crippen molar-refractivity contribution in [1.82, 2.24) is 13.5 Å². The van der Waals surface area contributed by atoms with E-state index in [0.717, 1.165) is 6.54 Å². The van der Waals surface area contributed by atoms with Crippen LogP contribution in [0.1, 0.15) is 19.8 Å². The summed E-state index contributed by atoms with van der Waals surface area (Å²) in [5, 5.41) is 0. The zero-order valence-corrected chi connectivity index (χ0v) is 15.9. The Bertz CT molecular complexity index is 658. The Balaban J connectivity index is 1.80. The first-order valence-electron chi connectivity index (χ1n) is 8.52. The molecular formula is C14H27N3O5S2. The fourth-order valence-electron chi connectivity index (χ4n) is 4.12. The lowest BCUT2D eigenvalue weighted by Gasteiger charge is -2.44. The van der Waals surface area contributed by atoms with Crippen molar-refractivity contribution in [2.45, 2.75) is 38.0 Å². The van der Waals surface area contributed by atoms with Gasteiger partial charge in [-0.25, -0.2) is 8.42 Å². The van der Waals surface area contributed by atoms with Crippen LogP contribution in [-0.4, -0.2) is 99.9 Å². The van der Waals surface area contributed by atoms with Gasteiger partial charge in [0.05, 0.1) is 23.7 Å². The third-order valence-electron chi connectivity index (χ3n) is 5.50. The molecule has 0 bridgehead atoms.